The van der Waals surface area contributed by atoms with Crippen molar-refractivity contribution in [2.75, 3.05) is 5.32 Å². The number of amides is 1. The molecule has 3 nitrogen and oxygen atoms in total. The minimum atomic E-state index is -0.288. The van der Waals surface area contributed by atoms with Crippen molar-refractivity contribution in [3.63, 3.8) is 0 Å². The van der Waals surface area contributed by atoms with E-state index in [-0.39, 0.29) is 22.2 Å². The van der Waals surface area contributed by atoms with Crippen LogP contribution in [0.2, 0.25) is 10.0 Å². The van der Waals surface area contributed by atoms with Crippen LogP contribution < -0.4 is 5.32 Å². The Morgan fingerprint density at radius 2 is 2.14 bits per heavy atom. The molecule has 0 spiro atoms. The Kier molecular flexibility index (Phi) is 3.34. The van der Waals surface area contributed by atoms with Crippen molar-refractivity contribution in [2.45, 2.75) is 6.92 Å². The summed E-state index contributed by atoms with van der Waals surface area (Å²) in [5.74, 6) is -0.288. The molecule has 72 valence electrons. The summed E-state index contributed by atoms with van der Waals surface area (Å²) in [5.41, 5.74) is 0.555. The van der Waals surface area contributed by atoms with Gasteiger partial charge in [-0.3, -0.25) is 4.79 Å². The van der Waals surface area contributed by atoms with E-state index in [0.717, 1.165) is 0 Å². The predicted molar refractivity (Wildman–Crippen MR) is 55.5 cm³/mol. The molecule has 0 unspecified atom stereocenters. The number of benzene rings is 1. The summed E-state index contributed by atoms with van der Waals surface area (Å²) in [5, 5.41) is 11.6. The summed E-state index contributed by atoms with van der Waals surface area (Å²) in [6.07, 6.45) is 0. The van der Waals surface area contributed by atoms with Crippen LogP contribution in [-0.4, -0.2) is 5.91 Å². The quantitative estimate of drug-likeness (QED) is 0.804. The molecule has 0 bridgehead atoms. The third-order valence-corrected chi connectivity index (χ3v) is 2.22. The average Bonchev–Trinajstić information content (AvgIpc) is 2.12. The van der Waals surface area contributed by atoms with Crippen molar-refractivity contribution < 1.29 is 4.79 Å². The van der Waals surface area contributed by atoms with Gasteiger partial charge in [0.2, 0.25) is 5.91 Å². The van der Waals surface area contributed by atoms with Crippen LogP contribution in [0.5, 0.6) is 0 Å². The molecule has 1 aromatic carbocycles. The Balaban J connectivity index is 3.27. The SMILES string of the molecule is CC(=O)Nc1c(Cl)ccc(C#N)c1Cl. The summed E-state index contributed by atoms with van der Waals surface area (Å²) in [4.78, 5) is 10.8. The van der Waals surface area contributed by atoms with Gasteiger partial charge in [0.05, 0.1) is 21.3 Å². The Morgan fingerprint density at radius 3 is 2.64 bits per heavy atom. The number of carbonyl (C=O) groups is 1. The molecule has 1 aromatic rings. The summed E-state index contributed by atoms with van der Waals surface area (Å²) in [6.45, 7) is 1.34. The van der Waals surface area contributed by atoms with Crippen LogP contribution in [0.1, 0.15) is 12.5 Å². The van der Waals surface area contributed by atoms with Crippen molar-refractivity contribution in [2.24, 2.45) is 0 Å². The molecule has 0 aromatic heterocycles. The zero-order chi connectivity index (χ0) is 10.7. The van der Waals surface area contributed by atoms with Gasteiger partial charge < -0.3 is 5.32 Å². The molecule has 1 N–H and O–H groups in total. The van der Waals surface area contributed by atoms with Crippen molar-refractivity contribution in [1.82, 2.24) is 0 Å². The lowest BCUT2D eigenvalue weighted by Gasteiger charge is -2.07. The minimum absolute atomic E-state index is 0.162. The first kappa shape index (κ1) is 10.8. The van der Waals surface area contributed by atoms with Crippen molar-refractivity contribution >= 4 is 34.8 Å². The average molecular weight is 229 g/mol. The van der Waals surface area contributed by atoms with Crippen LogP contribution >= 0.6 is 23.2 Å². The maximum atomic E-state index is 10.8. The Bertz CT molecular complexity index is 424. The molecule has 0 heterocycles. The second kappa shape index (κ2) is 4.32. The number of nitriles is 1. The Labute approximate surface area is 91.2 Å². The number of nitrogens with zero attached hydrogens (tertiary/aromatic N) is 1. The van der Waals surface area contributed by atoms with Gasteiger partial charge >= 0.3 is 0 Å². The number of hydrogen-bond donors (Lipinski definition) is 1. The third-order valence-electron chi connectivity index (χ3n) is 1.51. The predicted octanol–water partition coefficient (Wildman–Crippen LogP) is 2.82. The maximum Gasteiger partial charge on any atom is 0.221 e. The van der Waals surface area contributed by atoms with Crippen LogP contribution in [0.4, 0.5) is 5.69 Å². The highest BCUT2D eigenvalue weighted by atomic mass is 35.5. The molecule has 0 aliphatic rings. The van der Waals surface area contributed by atoms with Crippen LogP contribution in [-0.2, 0) is 4.79 Å². The van der Waals surface area contributed by atoms with Gasteiger partial charge in [0, 0.05) is 6.92 Å². The zero-order valence-corrected chi connectivity index (χ0v) is 8.78. The molecule has 0 aliphatic heterocycles. The first-order valence-electron chi connectivity index (χ1n) is 3.72. The van der Waals surface area contributed by atoms with E-state index in [1.807, 2.05) is 6.07 Å². The fourth-order valence-corrected chi connectivity index (χ4v) is 1.44. The molecule has 0 saturated carbocycles. The monoisotopic (exact) mass is 228 g/mol. The van der Waals surface area contributed by atoms with Crippen LogP contribution in [0.25, 0.3) is 0 Å². The highest BCUT2D eigenvalue weighted by Crippen LogP contribution is 2.32. The van der Waals surface area contributed by atoms with E-state index < -0.39 is 0 Å². The minimum Gasteiger partial charge on any atom is -0.324 e. The summed E-state index contributed by atoms with van der Waals surface area (Å²) >= 11 is 11.6. The molecule has 14 heavy (non-hydrogen) atoms. The molecule has 1 rings (SSSR count). The van der Waals surface area contributed by atoms with E-state index in [4.69, 9.17) is 28.5 Å². The number of nitrogens with one attached hydrogen (secondary N) is 1. The fourth-order valence-electron chi connectivity index (χ4n) is 0.929. The van der Waals surface area contributed by atoms with E-state index in [2.05, 4.69) is 5.32 Å². The number of carbonyl (C=O) groups excluding carboxylic acids is 1. The molecule has 0 aliphatic carbocycles. The topological polar surface area (TPSA) is 52.9 Å². The van der Waals surface area contributed by atoms with Crippen molar-refractivity contribution in [3.05, 3.63) is 27.7 Å². The van der Waals surface area contributed by atoms with Gasteiger partial charge in [-0.1, -0.05) is 23.2 Å². The van der Waals surface area contributed by atoms with Crippen LogP contribution in [0, 0.1) is 11.3 Å². The highest BCUT2D eigenvalue weighted by Gasteiger charge is 2.11. The number of rotatable bonds is 1. The largest absolute Gasteiger partial charge is 0.324 e. The first-order chi connectivity index (χ1) is 6.56. The smallest absolute Gasteiger partial charge is 0.221 e. The van der Waals surface area contributed by atoms with Gasteiger partial charge in [0.15, 0.2) is 0 Å². The lowest BCUT2D eigenvalue weighted by Crippen LogP contribution is -2.07. The van der Waals surface area contributed by atoms with E-state index in [0.29, 0.717) is 5.02 Å². The van der Waals surface area contributed by atoms with Gasteiger partial charge in [-0.05, 0) is 12.1 Å². The second-order valence-corrected chi connectivity index (χ2v) is 3.36. The molecular formula is C9H6Cl2N2O. The Morgan fingerprint density at radius 1 is 1.50 bits per heavy atom. The molecule has 1 amide bonds. The van der Waals surface area contributed by atoms with Gasteiger partial charge in [0.1, 0.15) is 6.07 Å². The highest BCUT2D eigenvalue weighted by molar-refractivity contribution is 6.40. The van der Waals surface area contributed by atoms with E-state index in [1.54, 1.807) is 0 Å². The van der Waals surface area contributed by atoms with E-state index in [9.17, 15) is 4.79 Å². The number of anilines is 1. The zero-order valence-electron chi connectivity index (χ0n) is 7.27. The van der Waals surface area contributed by atoms with Gasteiger partial charge in [-0.15, -0.1) is 0 Å². The van der Waals surface area contributed by atoms with E-state index >= 15 is 0 Å². The molecule has 0 fully saturated rings. The molecule has 0 saturated heterocycles. The number of hydrogen-bond acceptors (Lipinski definition) is 2. The van der Waals surface area contributed by atoms with Gasteiger partial charge in [0.25, 0.3) is 0 Å². The molecule has 0 radical (unpaired) electrons. The standard InChI is InChI=1S/C9H6Cl2N2O/c1-5(14)13-9-7(10)3-2-6(4-12)8(9)11/h2-3H,1H3,(H,13,14). The fraction of sp³-hybridized carbons (Fsp3) is 0.111. The van der Waals surface area contributed by atoms with Crippen molar-refractivity contribution in [1.29, 1.82) is 5.26 Å². The maximum absolute atomic E-state index is 10.8. The first-order valence-corrected chi connectivity index (χ1v) is 4.47. The molecule has 5 heteroatoms. The van der Waals surface area contributed by atoms with E-state index in [1.165, 1.54) is 19.1 Å². The third kappa shape index (κ3) is 2.16. The van der Waals surface area contributed by atoms with Gasteiger partial charge in [-0.25, -0.2) is 0 Å². The van der Waals surface area contributed by atoms with Gasteiger partial charge in [-0.2, -0.15) is 5.26 Å². The van der Waals surface area contributed by atoms with Crippen LogP contribution in [0.3, 0.4) is 0 Å². The molecular weight excluding hydrogens is 223 g/mol. The summed E-state index contributed by atoms with van der Waals surface area (Å²) < 4.78 is 0. The molecule has 0 atom stereocenters. The Hall–Kier alpha value is -1.24. The lowest BCUT2D eigenvalue weighted by molar-refractivity contribution is -0.114. The normalized spacial score (nSPS) is 9.29. The van der Waals surface area contributed by atoms with Crippen LogP contribution in [0.15, 0.2) is 12.1 Å². The second-order valence-electron chi connectivity index (χ2n) is 2.58. The number of halogens is 2. The van der Waals surface area contributed by atoms with Crippen molar-refractivity contribution in [3.8, 4) is 6.07 Å². The lowest BCUT2D eigenvalue weighted by atomic mass is 10.2. The summed E-state index contributed by atoms with van der Waals surface area (Å²) in [7, 11) is 0. The summed E-state index contributed by atoms with van der Waals surface area (Å²) in [6, 6.07) is 4.90.